The Balaban J connectivity index is 0.713. The van der Waals surface area contributed by atoms with E-state index in [1.54, 1.807) is 5.57 Å². The molecule has 34 heteroatoms. The largest absolute Gasteiger partial charge is 0.390 e. The third kappa shape index (κ3) is 61.4. The van der Waals surface area contributed by atoms with Crippen LogP contribution in [0, 0.1) is 23.2 Å². The Bertz CT molecular complexity index is 2610. The Kier molecular flexibility index (Phi) is 70.5. The molecule has 3 aliphatic carbocycles. The quantitative estimate of drug-likeness (QED) is 0.0464. The molecule has 2 N–H and O–H groups in total. The van der Waals surface area contributed by atoms with Gasteiger partial charge < -0.3 is 138 Å². The number of amides is 3. The minimum Gasteiger partial charge on any atom is -0.390 e. The normalized spacial score (nSPS) is 18.4. The molecule has 0 aromatic heterocycles. The van der Waals surface area contributed by atoms with Gasteiger partial charge in [0.2, 0.25) is 5.91 Å². The summed E-state index contributed by atoms with van der Waals surface area (Å²) in [5, 5.41) is 13.6. The van der Waals surface area contributed by atoms with Crippen LogP contribution in [0.5, 0.6) is 0 Å². The lowest BCUT2D eigenvalue weighted by Gasteiger charge is -2.44. The first-order chi connectivity index (χ1) is 59.8. The van der Waals surface area contributed by atoms with Gasteiger partial charge in [-0.25, -0.2) is 4.79 Å². The zero-order valence-electron chi connectivity index (χ0n) is 74.5. The number of hydroxylamine groups is 2. The number of hydrogen-bond acceptors (Lipinski definition) is 32. The third-order valence-corrected chi connectivity index (χ3v) is 20.2. The Morgan fingerprint density at radius 2 is 0.754 bits per heavy atom. The van der Waals surface area contributed by atoms with E-state index in [1.807, 2.05) is 13.8 Å². The zero-order chi connectivity index (χ0) is 87.2. The van der Waals surface area contributed by atoms with Gasteiger partial charge >= 0.3 is 5.97 Å². The average Bonchev–Trinajstić information content (AvgIpc) is 1.60. The van der Waals surface area contributed by atoms with Crippen LogP contribution in [0.15, 0.2) is 47.6 Å². The molecule has 3 amide bonds. The number of carbonyl (C=O) groups excluding carboxylic acids is 4. The van der Waals surface area contributed by atoms with Crippen molar-refractivity contribution in [1.82, 2.24) is 10.4 Å². The lowest BCUT2D eigenvalue weighted by Crippen LogP contribution is -2.36. The highest BCUT2D eigenvalue weighted by Crippen LogP contribution is 2.60. The summed E-state index contributed by atoms with van der Waals surface area (Å²) in [5.74, 6) is -0.0696. The predicted molar refractivity (Wildman–Crippen MR) is 451 cm³/mol. The Morgan fingerprint density at radius 1 is 0.443 bits per heavy atom. The number of nitrogens with zero attached hydrogens (tertiary/aromatic N) is 1. The van der Waals surface area contributed by atoms with Gasteiger partial charge in [0.05, 0.1) is 348 Å². The molecular weight excluding hydrogens is 1600 g/mol. The number of ether oxygens (including phenoxy) is 26. The number of imide groups is 1. The molecule has 710 valence electrons. The van der Waals surface area contributed by atoms with Crippen molar-refractivity contribution in [3.8, 4) is 0 Å². The molecule has 0 bridgehead atoms. The van der Waals surface area contributed by atoms with Crippen molar-refractivity contribution < 1.29 is 152 Å². The highest BCUT2D eigenvalue weighted by molar-refractivity contribution is 6.12. The van der Waals surface area contributed by atoms with Crippen LogP contribution in [-0.4, -0.2) is 389 Å². The Morgan fingerprint density at radius 3 is 1.07 bits per heavy atom. The minimum absolute atomic E-state index is 0.0260. The summed E-state index contributed by atoms with van der Waals surface area (Å²) in [5.41, 5.74) is 3.98. The van der Waals surface area contributed by atoms with Gasteiger partial charge in [-0.1, -0.05) is 61.6 Å². The lowest BCUT2D eigenvalue weighted by molar-refractivity contribution is -0.196. The van der Waals surface area contributed by atoms with Crippen molar-refractivity contribution in [2.45, 2.75) is 129 Å². The monoisotopic (exact) mass is 1750 g/mol. The van der Waals surface area contributed by atoms with Crippen LogP contribution in [0.25, 0.3) is 0 Å². The van der Waals surface area contributed by atoms with E-state index in [9.17, 15) is 24.3 Å². The number of carbonyl (C=O) groups is 4. The average molecular weight is 1750 g/mol. The maximum atomic E-state index is 12.4. The van der Waals surface area contributed by atoms with Crippen LogP contribution < -0.4 is 5.32 Å². The minimum atomic E-state index is -0.746. The van der Waals surface area contributed by atoms with Crippen LogP contribution in [-0.2, 0) is 147 Å². The van der Waals surface area contributed by atoms with E-state index < -0.39 is 23.4 Å². The number of hydrogen-bond donors (Lipinski definition) is 2. The van der Waals surface area contributed by atoms with E-state index in [0.717, 1.165) is 56.6 Å². The molecule has 122 heavy (non-hydrogen) atoms. The van der Waals surface area contributed by atoms with Crippen LogP contribution in [0.4, 0.5) is 0 Å². The van der Waals surface area contributed by atoms with Crippen molar-refractivity contribution in [2.24, 2.45) is 23.2 Å². The predicted octanol–water partition coefficient (Wildman–Crippen LogP) is 6.84. The van der Waals surface area contributed by atoms with Gasteiger partial charge in [0.25, 0.3) is 11.8 Å². The van der Waals surface area contributed by atoms with Gasteiger partial charge in [-0.3, -0.25) is 14.4 Å². The van der Waals surface area contributed by atoms with Crippen molar-refractivity contribution in [3.05, 3.63) is 47.6 Å². The lowest BCUT2D eigenvalue weighted by atomic mass is 9.60. The molecule has 0 aromatic carbocycles. The third-order valence-electron chi connectivity index (χ3n) is 20.2. The van der Waals surface area contributed by atoms with Gasteiger partial charge in [-0.15, -0.1) is 0 Å². The maximum absolute atomic E-state index is 12.4. The molecule has 3 saturated carbocycles. The number of fused-ring (bicyclic) bond motifs is 1. The fourth-order valence-electron chi connectivity index (χ4n) is 13.8. The van der Waals surface area contributed by atoms with E-state index in [0.29, 0.717) is 359 Å². The zero-order valence-corrected chi connectivity index (χ0v) is 74.5. The second-order valence-electron chi connectivity index (χ2n) is 30.3. The highest BCUT2D eigenvalue weighted by Gasteiger charge is 2.50. The first-order valence-electron chi connectivity index (χ1n) is 44.7. The molecule has 1 aliphatic heterocycles. The molecule has 5 atom stereocenters. The molecule has 0 radical (unpaired) electrons. The summed E-state index contributed by atoms with van der Waals surface area (Å²) in [7, 11) is 0. The summed E-state index contributed by atoms with van der Waals surface area (Å²) in [6, 6.07) is 0. The van der Waals surface area contributed by atoms with E-state index in [4.69, 9.17) is 128 Å². The molecule has 0 unspecified atom stereocenters. The first kappa shape index (κ1) is 110. The number of allylic oxidation sites excluding steroid dienone is 4. The maximum Gasteiger partial charge on any atom is 0.335 e. The topological polar surface area (TPSA) is 353 Å². The van der Waals surface area contributed by atoms with Crippen LogP contribution in [0.1, 0.15) is 118 Å². The second-order valence-corrected chi connectivity index (χ2v) is 30.3. The standard InChI is InChI=1S/C88H156N2O32/c1-76-11-14-80(75-79(76)13-12-78-10-7-22-88(5)81(15-16-82(78)88)77(2)9-6-21-87(3,4)95)121-24-8-23-89-83(91)19-25-96-27-29-98-31-33-100-35-37-102-39-41-104-43-45-106-47-49-108-51-53-110-55-57-112-59-61-114-63-65-116-67-69-118-71-73-120-74-72-119-70-68-117-66-64-115-62-60-113-58-56-111-54-52-109-50-48-107-46-44-105-42-40-103-38-36-101-34-32-99-30-28-97-26-20-86(94)122-90-84(92)17-18-85(90)93/h12-13,17-18,77,80-82,95H,1,6-11,14-16,19-75H2,2-5H3,(H,89,91)/b78-12+,79-13-/t77-,80+,81-,82+,88-/m1/s1. The fourth-order valence-corrected chi connectivity index (χ4v) is 13.8. The smallest absolute Gasteiger partial charge is 0.335 e. The van der Waals surface area contributed by atoms with Gasteiger partial charge in [-0.05, 0) is 107 Å². The molecule has 0 spiro atoms. The van der Waals surface area contributed by atoms with Gasteiger partial charge in [0.1, 0.15) is 0 Å². The molecule has 34 nitrogen and oxygen atoms in total. The van der Waals surface area contributed by atoms with Gasteiger partial charge in [0, 0.05) is 31.7 Å². The molecule has 4 rings (SSSR count). The molecule has 0 aromatic rings. The number of aliphatic hydroxyl groups is 1. The molecule has 4 aliphatic rings. The Labute approximate surface area is 726 Å². The molecule has 1 heterocycles. The summed E-state index contributed by atoms with van der Waals surface area (Å²) in [4.78, 5) is 51.6. The molecular formula is C88H156N2O32. The number of nitrogens with one attached hydrogen (secondary N) is 1. The summed E-state index contributed by atoms with van der Waals surface area (Å²) >= 11 is 0. The van der Waals surface area contributed by atoms with E-state index in [-0.39, 0.29) is 31.6 Å². The molecule has 3 fully saturated rings. The first-order valence-corrected chi connectivity index (χ1v) is 44.7. The molecule has 0 saturated heterocycles. The van der Waals surface area contributed by atoms with Crippen molar-refractivity contribution in [2.75, 3.05) is 343 Å². The van der Waals surface area contributed by atoms with E-state index in [2.05, 4.69) is 37.9 Å². The summed E-state index contributed by atoms with van der Waals surface area (Å²) in [6.07, 6.45) is 20.4. The van der Waals surface area contributed by atoms with Crippen LogP contribution >= 0.6 is 0 Å². The fraction of sp³-hybridized carbons (Fsp3) is 0.864. The van der Waals surface area contributed by atoms with E-state index in [1.165, 1.54) is 49.7 Å². The number of rotatable bonds is 90. The Hall–Kier alpha value is -4.04. The van der Waals surface area contributed by atoms with Crippen molar-refractivity contribution in [1.29, 1.82) is 0 Å². The SMILES string of the molecule is C=C1CC[C@H](OCCCNC(=O)CCOCCOCCOCCOCCOCCOCCOCCOCCOCCOCCOCCOCCOCCOCCOCCOCCOCCOCCOCCOCCOCCOCCOCCOCCOCCC(=O)ON2C(=O)C=CC2=O)C/C1=C/C=C1\CCC[C@]2(C)[C@@H]([C@H](C)CCCC(C)(C)O)CC[C@@H]12. The van der Waals surface area contributed by atoms with Crippen LogP contribution in [0.3, 0.4) is 0 Å². The van der Waals surface area contributed by atoms with Crippen molar-refractivity contribution in [3.63, 3.8) is 0 Å². The second kappa shape index (κ2) is 78.0. The van der Waals surface area contributed by atoms with E-state index >= 15 is 0 Å². The van der Waals surface area contributed by atoms with Crippen molar-refractivity contribution >= 4 is 23.7 Å². The van der Waals surface area contributed by atoms with Gasteiger partial charge in [-0.2, -0.15) is 0 Å². The highest BCUT2D eigenvalue weighted by atomic mass is 16.7. The summed E-state index contributed by atoms with van der Waals surface area (Å²) in [6.45, 7) is 36.5. The van der Waals surface area contributed by atoms with Crippen LogP contribution in [0.2, 0.25) is 0 Å². The summed E-state index contributed by atoms with van der Waals surface area (Å²) < 4.78 is 144. The van der Waals surface area contributed by atoms with Gasteiger partial charge in [0.15, 0.2) is 0 Å².